The van der Waals surface area contributed by atoms with Crippen LogP contribution >= 0.6 is 11.6 Å². The van der Waals surface area contributed by atoms with Gasteiger partial charge in [0.15, 0.2) is 11.6 Å². The topological polar surface area (TPSA) is 153 Å². The first-order chi connectivity index (χ1) is 16.0. The molecule has 0 aliphatic carbocycles. The van der Waals surface area contributed by atoms with Crippen LogP contribution < -0.4 is 24.3 Å². The molecule has 2 aromatic rings. The highest BCUT2D eigenvalue weighted by molar-refractivity contribution is 7.88. The van der Waals surface area contributed by atoms with Crippen LogP contribution in [0, 0.1) is 11.3 Å². The van der Waals surface area contributed by atoms with Crippen LogP contribution in [0.2, 0.25) is 5.02 Å². The summed E-state index contributed by atoms with van der Waals surface area (Å²) >= 11 is 5.89. The summed E-state index contributed by atoms with van der Waals surface area (Å²) in [4.78, 5) is 20.3. The Morgan fingerprint density at radius 2 is 1.85 bits per heavy atom. The maximum atomic E-state index is 12.7. The van der Waals surface area contributed by atoms with Crippen molar-refractivity contribution in [1.29, 1.82) is 5.26 Å². The number of hydrogen-bond acceptors (Lipinski definition) is 9. The second-order valence-corrected chi connectivity index (χ2v) is 8.56. The predicted molar refractivity (Wildman–Crippen MR) is 111 cm³/mol. The third kappa shape index (κ3) is 6.08. The number of anilines is 2. The van der Waals surface area contributed by atoms with E-state index in [-0.39, 0.29) is 42.0 Å². The lowest BCUT2D eigenvalue weighted by molar-refractivity contribution is -0.0500. The van der Waals surface area contributed by atoms with E-state index >= 15 is 0 Å². The van der Waals surface area contributed by atoms with Gasteiger partial charge in [-0.1, -0.05) is 11.6 Å². The predicted octanol–water partition coefficient (Wildman–Crippen LogP) is 3.82. The molecule has 34 heavy (non-hydrogen) atoms. The first-order valence-electron chi connectivity index (χ1n) is 9.45. The number of fused-ring (bicyclic) bond motifs is 3. The first kappa shape index (κ1) is 25.1. The molecule has 2 heterocycles. The molecule has 1 aliphatic rings. The normalized spacial score (nSPS) is 15.1. The van der Waals surface area contributed by atoms with E-state index in [1.807, 2.05) is 6.07 Å². The Labute approximate surface area is 195 Å². The number of hydrogen-bond donors (Lipinski definition) is 2. The molecule has 3 rings (SSSR count). The average molecular weight is 522 g/mol. The molecular weight excluding hydrogens is 507 g/mol. The number of amides is 2. The van der Waals surface area contributed by atoms with E-state index in [0.717, 1.165) is 18.3 Å². The largest absolute Gasteiger partial charge is 0.534 e. The first-order valence-corrected chi connectivity index (χ1v) is 11.2. The van der Waals surface area contributed by atoms with Crippen LogP contribution in [-0.4, -0.2) is 43.1 Å². The van der Waals surface area contributed by atoms with Crippen LogP contribution in [0.25, 0.3) is 0 Å². The van der Waals surface area contributed by atoms with E-state index in [1.54, 1.807) is 0 Å². The highest BCUT2D eigenvalue weighted by Crippen LogP contribution is 2.39. The van der Waals surface area contributed by atoms with Crippen LogP contribution in [0.5, 0.6) is 17.4 Å². The Morgan fingerprint density at radius 1 is 1.15 bits per heavy atom. The lowest BCUT2D eigenvalue weighted by atomic mass is 10.2. The zero-order valence-electron chi connectivity index (χ0n) is 17.0. The van der Waals surface area contributed by atoms with Gasteiger partial charge in [-0.25, -0.2) is 9.78 Å². The average Bonchev–Trinajstić information content (AvgIpc) is 2.74. The zero-order chi connectivity index (χ0) is 24.9. The number of rotatable bonds is 2. The monoisotopic (exact) mass is 521 g/mol. The number of ether oxygens (including phenoxy) is 2. The van der Waals surface area contributed by atoms with Crippen molar-refractivity contribution in [3.8, 4) is 23.4 Å². The molecule has 11 nitrogen and oxygen atoms in total. The molecule has 1 aromatic carbocycles. The molecule has 1 aromatic heterocycles. The molecule has 16 heteroatoms. The molecule has 2 bridgehead atoms. The molecule has 1 aliphatic heterocycles. The maximum Gasteiger partial charge on any atom is 0.534 e. The Kier molecular flexibility index (Phi) is 7.52. The number of carbonyl (C=O) groups is 1. The molecule has 0 spiro atoms. The minimum absolute atomic E-state index is 0.0559. The van der Waals surface area contributed by atoms with E-state index in [1.165, 1.54) is 0 Å². The smallest absolute Gasteiger partial charge is 0.491 e. The third-order valence-electron chi connectivity index (χ3n) is 4.14. The van der Waals surface area contributed by atoms with Crippen LogP contribution in [0.1, 0.15) is 25.0 Å². The van der Waals surface area contributed by atoms with Crippen LogP contribution in [0.3, 0.4) is 0 Å². The third-order valence-corrected chi connectivity index (χ3v) is 5.40. The lowest BCUT2D eigenvalue weighted by Crippen LogP contribution is -2.28. The molecular formula is C18H15ClF3N5O6S. The highest BCUT2D eigenvalue weighted by atomic mass is 35.5. The molecule has 0 saturated heterocycles. The van der Waals surface area contributed by atoms with Crippen molar-refractivity contribution >= 4 is 39.3 Å². The van der Waals surface area contributed by atoms with Gasteiger partial charge in [-0.05, 0) is 25.3 Å². The van der Waals surface area contributed by atoms with E-state index in [0.29, 0.717) is 19.3 Å². The van der Waals surface area contributed by atoms with Crippen LogP contribution in [0.4, 0.5) is 29.5 Å². The van der Waals surface area contributed by atoms with Crippen molar-refractivity contribution in [2.24, 2.45) is 0 Å². The maximum absolute atomic E-state index is 12.7. The minimum atomic E-state index is -5.99. The fourth-order valence-corrected chi connectivity index (χ4v) is 3.31. The van der Waals surface area contributed by atoms with Crippen molar-refractivity contribution in [3.63, 3.8) is 0 Å². The fraction of sp³-hybridized carbons (Fsp3) is 0.333. The van der Waals surface area contributed by atoms with Gasteiger partial charge in [0.05, 0.1) is 30.1 Å². The van der Waals surface area contributed by atoms with Crippen molar-refractivity contribution in [3.05, 3.63) is 29.0 Å². The lowest BCUT2D eigenvalue weighted by Gasteiger charge is -2.16. The van der Waals surface area contributed by atoms with Crippen molar-refractivity contribution in [1.82, 2.24) is 9.97 Å². The summed E-state index contributed by atoms with van der Waals surface area (Å²) in [5.74, 6) is -1.16. The summed E-state index contributed by atoms with van der Waals surface area (Å²) in [7, 11) is -5.99. The number of alkyl halides is 3. The summed E-state index contributed by atoms with van der Waals surface area (Å²) in [5, 5.41) is 13.3. The van der Waals surface area contributed by atoms with Gasteiger partial charge in [0, 0.05) is 6.07 Å². The summed E-state index contributed by atoms with van der Waals surface area (Å²) < 4.78 is 75.9. The van der Waals surface area contributed by atoms with Crippen molar-refractivity contribution in [2.45, 2.75) is 24.8 Å². The number of carbonyl (C=O) groups excluding carboxylic acids is 1. The van der Waals surface area contributed by atoms with Crippen LogP contribution in [0.15, 0.2) is 18.3 Å². The second-order valence-electron chi connectivity index (χ2n) is 6.62. The Hall–Kier alpha value is -3.51. The summed E-state index contributed by atoms with van der Waals surface area (Å²) in [5.41, 5.74) is -5.84. The highest BCUT2D eigenvalue weighted by Gasteiger charge is 2.49. The van der Waals surface area contributed by atoms with Crippen molar-refractivity contribution in [2.75, 3.05) is 23.8 Å². The molecule has 0 radical (unpaired) electrons. The molecule has 0 saturated carbocycles. The second kappa shape index (κ2) is 10.2. The molecule has 2 N–H and O–H groups in total. The number of urea groups is 1. The standard InChI is InChI=1S/C18H15ClF3N5O6S/c19-10-6-11-14(7-13(10)33-34(29,30)18(20,21)22)31-4-2-1-3-5-32-16-12(8-23)24-9-15(26-16)27-17(28)25-11/h6-7,9H,1-5H2,(H2,25,26,27,28). The number of nitrogens with one attached hydrogen (secondary N) is 2. The summed E-state index contributed by atoms with van der Waals surface area (Å²) in [6.07, 6.45) is 2.71. The Bertz CT molecular complexity index is 1240. The van der Waals surface area contributed by atoms with Gasteiger partial charge in [-0.15, -0.1) is 0 Å². The van der Waals surface area contributed by atoms with Gasteiger partial charge in [-0.3, -0.25) is 5.32 Å². The molecule has 182 valence electrons. The SMILES string of the molecule is N#Cc1ncc2nc1OCCCCCOc1cc(OS(=O)(=O)C(F)(F)F)c(Cl)cc1NC(=O)N2. The minimum Gasteiger partial charge on any atom is -0.491 e. The summed E-state index contributed by atoms with van der Waals surface area (Å²) in [6.45, 7) is 0.249. The van der Waals surface area contributed by atoms with Gasteiger partial charge in [0.2, 0.25) is 5.69 Å². The Morgan fingerprint density at radius 3 is 2.53 bits per heavy atom. The van der Waals surface area contributed by atoms with E-state index in [9.17, 15) is 26.4 Å². The number of nitriles is 1. The quantitative estimate of drug-likeness (QED) is 0.443. The van der Waals surface area contributed by atoms with Gasteiger partial charge in [0.25, 0.3) is 5.88 Å². The van der Waals surface area contributed by atoms with E-state index in [2.05, 4.69) is 24.8 Å². The number of aromatic nitrogens is 2. The fourth-order valence-electron chi connectivity index (χ4n) is 2.59. The van der Waals surface area contributed by atoms with E-state index < -0.39 is 32.4 Å². The van der Waals surface area contributed by atoms with Gasteiger partial charge >= 0.3 is 21.7 Å². The molecule has 2 amide bonds. The number of nitrogens with zero attached hydrogens (tertiary/aromatic N) is 3. The number of benzene rings is 1. The summed E-state index contributed by atoms with van der Waals surface area (Å²) in [6, 6.07) is 2.74. The van der Waals surface area contributed by atoms with E-state index in [4.69, 9.17) is 26.3 Å². The Balaban J connectivity index is 1.92. The number of halogens is 4. The van der Waals surface area contributed by atoms with Gasteiger partial charge in [0.1, 0.15) is 11.8 Å². The zero-order valence-corrected chi connectivity index (χ0v) is 18.6. The van der Waals surface area contributed by atoms with Crippen molar-refractivity contribution < 1.29 is 40.0 Å². The molecule has 0 unspecified atom stereocenters. The van der Waals surface area contributed by atoms with Crippen LogP contribution in [-0.2, 0) is 10.1 Å². The van der Waals surface area contributed by atoms with Gasteiger partial charge in [-0.2, -0.15) is 31.8 Å². The van der Waals surface area contributed by atoms with Gasteiger partial charge < -0.3 is 19.0 Å². The molecule has 0 fully saturated rings. The molecule has 0 atom stereocenters.